The van der Waals surface area contributed by atoms with Crippen LogP contribution in [0.15, 0.2) is 54.6 Å². The maximum Gasteiger partial charge on any atom is 0.242 e. The van der Waals surface area contributed by atoms with Crippen molar-refractivity contribution in [3.8, 4) is 0 Å². The standard InChI is InChI=1S/C29H44N4O3.H2O/c1-21(2)17-33(18-25-14-12-22(3)13-15-25)19-27(34)26(16-24-10-8-7-9-11-24)31-29(36)23(4)30-28(35)20-32(5)6;/h7-15,21,23,26-27,34H,16-20H2,1-6H3,(H,30,35)(H,31,36);1H2. The summed E-state index contributed by atoms with van der Waals surface area (Å²) in [6.45, 7) is 10.2. The fourth-order valence-electron chi connectivity index (χ4n) is 4.16. The molecule has 0 radical (unpaired) electrons. The third kappa shape index (κ3) is 12.3. The molecule has 0 spiro atoms. The molecule has 2 amide bonds. The summed E-state index contributed by atoms with van der Waals surface area (Å²) in [5.41, 5.74) is 3.43. The fraction of sp³-hybridized carbons (Fsp3) is 0.517. The summed E-state index contributed by atoms with van der Waals surface area (Å²) in [6, 6.07) is 17.1. The molecular weight excluding hydrogens is 468 g/mol. The lowest BCUT2D eigenvalue weighted by Gasteiger charge is -2.32. The summed E-state index contributed by atoms with van der Waals surface area (Å²) >= 11 is 0. The molecule has 8 nitrogen and oxygen atoms in total. The molecule has 3 atom stereocenters. The Morgan fingerprint density at radius 1 is 0.892 bits per heavy atom. The Labute approximate surface area is 222 Å². The molecule has 0 aromatic heterocycles. The van der Waals surface area contributed by atoms with Crippen LogP contribution in [0.3, 0.4) is 0 Å². The van der Waals surface area contributed by atoms with Crippen LogP contribution in [0.25, 0.3) is 0 Å². The van der Waals surface area contributed by atoms with Gasteiger partial charge in [-0.25, -0.2) is 0 Å². The Bertz CT molecular complexity index is 935. The van der Waals surface area contributed by atoms with Gasteiger partial charge < -0.3 is 26.1 Å². The molecule has 5 N–H and O–H groups in total. The van der Waals surface area contributed by atoms with Crippen LogP contribution in [0.5, 0.6) is 0 Å². The van der Waals surface area contributed by atoms with Gasteiger partial charge in [0, 0.05) is 19.6 Å². The quantitative estimate of drug-likeness (QED) is 0.355. The number of rotatable bonds is 14. The molecule has 0 bridgehead atoms. The predicted octanol–water partition coefficient (Wildman–Crippen LogP) is 1.78. The number of nitrogens with one attached hydrogen (secondary N) is 2. The van der Waals surface area contributed by atoms with Crippen molar-refractivity contribution in [2.75, 3.05) is 33.7 Å². The molecule has 0 heterocycles. The molecule has 8 heteroatoms. The number of aliphatic hydroxyl groups excluding tert-OH is 1. The highest BCUT2D eigenvalue weighted by Crippen LogP contribution is 2.13. The highest BCUT2D eigenvalue weighted by Gasteiger charge is 2.27. The molecule has 0 aliphatic carbocycles. The minimum atomic E-state index is -0.789. The molecule has 2 aromatic carbocycles. The van der Waals surface area contributed by atoms with E-state index in [-0.39, 0.29) is 23.8 Å². The lowest BCUT2D eigenvalue weighted by atomic mass is 9.99. The van der Waals surface area contributed by atoms with E-state index in [9.17, 15) is 14.7 Å². The lowest BCUT2D eigenvalue weighted by Crippen LogP contribution is -2.55. The Hall–Kier alpha value is -2.78. The molecular formula is C29H46N4O4. The average molecular weight is 515 g/mol. The van der Waals surface area contributed by atoms with E-state index in [1.54, 1.807) is 25.9 Å². The summed E-state index contributed by atoms with van der Waals surface area (Å²) in [7, 11) is 3.60. The topological polar surface area (TPSA) is 116 Å². The van der Waals surface area contributed by atoms with Gasteiger partial charge in [-0.2, -0.15) is 0 Å². The van der Waals surface area contributed by atoms with E-state index < -0.39 is 18.2 Å². The summed E-state index contributed by atoms with van der Waals surface area (Å²) < 4.78 is 0. The second-order valence-electron chi connectivity index (χ2n) is 10.5. The first-order valence-corrected chi connectivity index (χ1v) is 12.8. The molecule has 3 unspecified atom stereocenters. The van der Waals surface area contributed by atoms with Gasteiger partial charge >= 0.3 is 0 Å². The van der Waals surface area contributed by atoms with E-state index in [1.807, 2.05) is 30.3 Å². The molecule has 2 rings (SSSR count). The summed E-state index contributed by atoms with van der Waals surface area (Å²) in [5.74, 6) is -0.100. The van der Waals surface area contributed by atoms with Gasteiger partial charge in [0.25, 0.3) is 0 Å². The van der Waals surface area contributed by atoms with Gasteiger partial charge in [0.2, 0.25) is 11.8 Å². The second-order valence-corrected chi connectivity index (χ2v) is 10.5. The zero-order valence-corrected chi connectivity index (χ0v) is 23.2. The first kappa shape index (κ1) is 32.2. The maximum absolute atomic E-state index is 13.0. The highest BCUT2D eigenvalue weighted by atomic mass is 16.3. The van der Waals surface area contributed by atoms with Crippen molar-refractivity contribution in [3.63, 3.8) is 0 Å². The van der Waals surface area contributed by atoms with Gasteiger partial charge in [0.05, 0.1) is 18.7 Å². The number of aliphatic hydroxyl groups is 1. The van der Waals surface area contributed by atoms with Crippen molar-refractivity contribution in [2.24, 2.45) is 5.92 Å². The van der Waals surface area contributed by atoms with Crippen LogP contribution < -0.4 is 10.6 Å². The van der Waals surface area contributed by atoms with Gasteiger partial charge in [-0.3, -0.25) is 14.5 Å². The first-order valence-electron chi connectivity index (χ1n) is 12.8. The molecule has 0 aliphatic rings. The lowest BCUT2D eigenvalue weighted by molar-refractivity contribution is -0.129. The van der Waals surface area contributed by atoms with Crippen LogP contribution in [0, 0.1) is 12.8 Å². The normalized spacial score (nSPS) is 13.7. The Morgan fingerprint density at radius 2 is 1.51 bits per heavy atom. The number of benzene rings is 2. The first-order chi connectivity index (χ1) is 17.0. The molecule has 206 valence electrons. The zero-order chi connectivity index (χ0) is 26.7. The van der Waals surface area contributed by atoms with Crippen molar-refractivity contribution in [3.05, 3.63) is 71.3 Å². The summed E-state index contributed by atoms with van der Waals surface area (Å²) in [6.07, 6.45) is -0.297. The number of hydrogen-bond donors (Lipinski definition) is 3. The Balaban J connectivity index is 0.00000684. The third-order valence-electron chi connectivity index (χ3n) is 5.92. The Morgan fingerprint density at radius 3 is 2.08 bits per heavy atom. The fourth-order valence-corrected chi connectivity index (χ4v) is 4.16. The summed E-state index contributed by atoms with van der Waals surface area (Å²) in [4.78, 5) is 29.1. The number of carbonyl (C=O) groups is 2. The van der Waals surface area contributed by atoms with Crippen LogP contribution in [-0.4, -0.2) is 84.1 Å². The van der Waals surface area contributed by atoms with E-state index >= 15 is 0 Å². The number of carbonyl (C=O) groups excluding carboxylic acids is 2. The van der Waals surface area contributed by atoms with Crippen molar-refractivity contribution >= 4 is 11.8 Å². The minimum absolute atomic E-state index is 0. The average Bonchev–Trinajstić information content (AvgIpc) is 2.79. The largest absolute Gasteiger partial charge is 0.412 e. The van der Waals surface area contributed by atoms with Crippen LogP contribution in [0.2, 0.25) is 0 Å². The van der Waals surface area contributed by atoms with Crippen molar-refractivity contribution in [2.45, 2.75) is 58.8 Å². The van der Waals surface area contributed by atoms with Gasteiger partial charge in [0.15, 0.2) is 0 Å². The van der Waals surface area contributed by atoms with E-state index in [4.69, 9.17) is 0 Å². The molecule has 0 saturated carbocycles. The molecule has 37 heavy (non-hydrogen) atoms. The van der Waals surface area contributed by atoms with Crippen LogP contribution in [-0.2, 0) is 22.6 Å². The maximum atomic E-state index is 13.0. The highest BCUT2D eigenvalue weighted by molar-refractivity contribution is 5.88. The molecule has 0 saturated heterocycles. The van der Waals surface area contributed by atoms with Crippen LogP contribution in [0.4, 0.5) is 0 Å². The van der Waals surface area contributed by atoms with Gasteiger partial charge in [-0.05, 0) is 51.4 Å². The van der Waals surface area contributed by atoms with E-state index in [0.717, 1.165) is 18.7 Å². The van der Waals surface area contributed by atoms with Crippen molar-refractivity contribution < 1.29 is 20.2 Å². The minimum Gasteiger partial charge on any atom is -0.412 e. The van der Waals surface area contributed by atoms with Crippen LogP contribution in [0.1, 0.15) is 37.5 Å². The predicted molar refractivity (Wildman–Crippen MR) is 149 cm³/mol. The molecule has 2 aromatic rings. The van der Waals surface area contributed by atoms with Gasteiger partial charge in [0.1, 0.15) is 6.04 Å². The zero-order valence-electron chi connectivity index (χ0n) is 23.2. The number of aryl methyl sites for hydroxylation is 1. The number of amides is 2. The second kappa shape index (κ2) is 16.1. The van der Waals surface area contributed by atoms with Gasteiger partial charge in [-0.15, -0.1) is 0 Å². The molecule has 0 aliphatic heterocycles. The summed E-state index contributed by atoms with van der Waals surface area (Å²) in [5, 5.41) is 17.1. The number of likely N-dealkylation sites (N-methyl/N-ethyl adjacent to an activating group) is 1. The van der Waals surface area contributed by atoms with Crippen LogP contribution >= 0.6 is 0 Å². The van der Waals surface area contributed by atoms with E-state index in [0.29, 0.717) is 18.9 Å². The Kier molecular flexibility index (Phi) is 14.1. The third-order valence-corrected chi connectivity index (χ3v) is 5.92. The number of nitrogens with zero attached hydrogens (tertiary/aromatic N) is 2. The van der Waals surface area contributed by atoms with Crippen molar-refractivity contribution in [1.29, 1.82) is 0 Å². The monoisotopic (exact) mass is 514 g/mol. The van der Waals surface area contributed by atoms with E-state index in [2.05, 4.69) is 60.6 Å². The van der Waals surface area contributed by atoms with Gasteiger partial charge in [-0.1, -0.05) is 74.0 Å². The number of hydrogen-bond acceptors (Lipinski definition) is 5. The van der Waals surface area contributed by atoms with E-state index in [1.165, 1.54) is 11.1 Å². The smallest absolute Gasteiger partial charge is 0.242 e. The molecule has 0 fully saturated rings. The van der Waals surface area contributed by atoms with Crippen molar-refractivity contribution in [1.82, 2.24) is 20.4 Å². The SMILES string of the molecule is Cc1ccc(CN(CC(C)C)CC(O)C(Cc2ccccc2)NC(=O)C(C)NC(=O)CN(C)C)cc1.O.